The van der Waals surface area contributed by atoms with E-state index < -0.39 is 6.04 Å². The summed E-state index contributed by atoms with van der Waals surface area (Å²) in [6, 6.07) is 4.29. The van der Waals surface area contributed by atoms with Crippen molar-refractivity contribution in [2.24, 2.45) is 5.92 Å². The number of nitrogens with one attached hydrogen (secondary N) is 1. The van der Waals surface area contributed by atoms with Crippen LogP contribution in [-0.4, -0.2) is 34.5 Å². The number of hydrogen-bond acceptors (Lipinski definition) is 7. The minimum absolute atomic E-state index is 0.0238. The van der Waals surface area contributed by atoms with E-state index in [9.17, 15) is 9.59 Å². The van der Waals surface area contributed by atoms with Gasteiger partial charge >= 0.3 is 0 Å². The largest absolute Gasteiger partial charge is 0.467 e. The number of carbonyl (C=O) groups excluding carboxylic acids is 2. The van der Waals surface area contributed by atoms with E-state index in [-0.39, 0.29) is 30.1 Å². The lowest BCUT2D eigenvalue weighted by molar-refractivity contribution is -0.131. The van der Waals surface area contributed by atoms with Gasteiger partial charge in [-0.25, -0.2) is 4.98 Å². The maximum atomic E-state index is 12.6. The van der Waals surface area contributed by atoms with Crippen LogP contribution < -0.4 is 15.8 Å². The predicted octanol–water partition coefficient (Wildman–Crippen LogP) is 1.52. The van der Waals surface area contributed by atoms with E-state index in [1.54, 1.807) is 18.3 Å². The molecule has 0 saturated heterocycles. The fourth-order valence-electron chi connectivity index (χ4n) is 3.10. The summed E-state index contributed by atoms with van der Waals surface area (Å²) in [5.41, 5.74) is 6.53. The molecule has 0 aromatic carbocycles. The van der Waals surface area contributed by atoms with Gasteiger partial charge in [0.1, 0.15) is 12.1 Å². The van der Waals surface area contributed by atoms with Crippen molar-refractivity contribution in [1.82, 2.24) is 15.5 Å². The molecule has 2 heterocycles. The fraction of sp³-hybridized carbons (Fsp3) is 0.444. The number of nitrogens with zero attached hydrogens (tertiary/aromatic N) is 2. The van der Waals surface area contributed by atoms with Gasteiger partial charge in [-0.05, 0) is 35.7 Å². The van der Waals surface area contributed by atoms with Gasteiger partial charge in [0, 0.05) is 24.6 Å². The molecule has 1 fully saturated rings. The molecule has 138 valence electrons. The molecule has 0 aliphatic heterocycles. The first-order valence-electron chi connectivity index (χ1n) is 8.68. The Kier molecular flexibility index (Phi) is 5.83. The molecule has 8 heteroatoms. The second kappa shape index (κ2) is 8.46. The number of ketones is 1. The normalized spacial score (nSPS) is 15.5. The van der Waals surface area contributed by atoms with Crippen molar-refractivity contribution >= 4 is 17.5 Å². The third-order valence-corrected chi connectivity index (χ3v) is 4.49. The summed E-state index contributed by atoms with van der Waals surface area (Å²) in [4.78, 5) is 29.1. The molecule has 1 aliphatic rings. The van der Waals surface area contributed by atoms with Crippen molar-refractivity contribution in [2.45, 2.75) is 38.1 Å². The molecule has 1 unspecified atom stereocenters. The van der Waals surface area contributed by atoms with E-state index in [0.717, 1.165) is 31.2 Å². The topological polar surface area (TPSA) is 120 Å². The van der Waals surface area contributed by atoms with E-state index in [2.05, 4.69) is 20.0 Å². The van der Waals surface area contributed by atoms with Gasteiger partial charge in [0.2, 0.25) is 5.91 Å². The summed E-state index contributed by atoms with van der Waals surface area (Å²) in [5, 5.41) is 6.49. The third-order valence-electron chi connectivity index (χ3n) is 4.49. The van der Waals surface area contributed by atoms with Crippen LogP contribution in [0.3, 0.4) is 0 Å². The Bertz CT molecular complexity index is 741. The molecule has 1 amide bonds. The van der Waals surface area contributed by atoms with E-state index in [1.165, 1.54) is 12.3 Å². The highest BCUT2D eigenvalue weighted by molar-refractivity contribution is 5.91. The van der Waals surface area contributed by atoms with Crippen LogP contribution in [0.25, 0.3) is 0 Å². The number of carbonyl (C=O) groups is 2. The summed E-state index contributed by atoms with van der Waals surface area (Å²) in [6.07, 6.45) is 7.09. The Balaban J connectivity index is 1.66. The van der Waals surface area contributed by atoms with Crippen LogP contribution in [0.4, 0.5) is 5.82 Å². The van der Waals surface area contributed by atoms with E-state index in [4.69, 9.17) is 10.5 Å². The lowest BCUT2D eigenvalue weighted by Crippen LogP contribution is -2.46. The second-order valence-electron chi connectivity index (χ2n) is 6.43. The zero-order valence-corrected chi connectivity index (χ0v) is 14.4. The molecule has 1 atom stereocenters. The van der Waals surface area contributed by atoms with E-state index in [1.807, 2.05) is 0 Å². The number of ether oxygens (including phenoxy) is 1. The Hall–Kier alpha value is -2.90. The van der Waals surface area contributed by atoms with Crippen molar-refractivity contribution < 1.29 is 18.8 Å². The zero-order chi connectivity index (χ0) is 18.4. The SMILES string of the molecule is Nc1cc(CC(NC(=O)C2CCCC2)C(=O)COc2ccon2)ccn1. The molecular weight excluding hydrogens is 336 g/mol. The Morgan fingerprint density at radius 2 is 2.15 bits per heavy atom. The van der Waals surface area contributed by atoms with Crippen LogP contribution in [0, 0.1) is 5.92 Å². The van der Waals surface area contributed by atoms with Crippen molar-refractivity contribution in [3.8, 4) is 5.88 Å². The average Bonchev–Trinajstić information content (AvgIpc) is 3.32. The first-order chi connectivity index (χ1) is 12.6. The lowest BCUT2D eigenvalue weighted by atomic mass is 10.0. The first-order valence-corrected chi connectivity index (χ1v) is 8.68. The second-order valence-corrected chi connectivity index (χ2v) is 6.43. The summed E-state index contributed by atoms with van der Waals surface area (Å²) < 4.78 is 9.99. The minimum Gasteiger partial charge on any atom is -0.467 e. The van der Waals surface area contributed by atoms with Crippen LogP contribution >= 0.6 is 0 Å². The Morgan fingerprint density at radius 1 is 1.35 bits per heavy atom. The van der Waals surface area contributed by atoms with Crippen molar-refractivity contribution in [3.63, 3.8) is 0 Å². The molecule has 1 aliphatic carbocycles. The molecule has 2 aromatic heterocycles. The highest BCUT2D eigenvalue weighted by Crippen LogP contribution is 2.25. The van der Waals surface area contributed by atoms with Gasteiger partial charge in [-0.2, -0.15) is 0 Å². The number of nitrogens with two attached hydrogens (primary N) is 1. The summed E-state index contributed by atoms with van der Waals surface area (Å²) in [6.45, 7) is -0.206. The van der Waals surface area contributed by atoms with Crippen LogP contribution in [-0.2, 0) is 16.0 Å². The zero-order valence-electron chi connectivity index (χ0n) is 14.4. The van der Waals surface area contributed by atoms with Gasteiger partial charge in [-0.3, -0.25) is 9.59 Å². The molecule has 3 rings (SSSR count). The van der Waals surface area contributed by atoms with Gasteiger partial charge in [-0.15, -0.1) is 0 Å². The number of nitrogen functional groups attached to an aromatic ring is 1. The predicted molar refractivity (Wildman–Crippen MR) is 93.2 cm³/mol. The molecular formula is C18H22N4O4. The van der Waals surface area contributed by atoms with Crippen molar-refractivity contribution in [2.75, 3.05) is 12.3 Å². The van der Waals surface area contributed by atoms with Crippen molar-refractivity contribution in [1.29, 1.82) is 0 Å². The Labute approximate surface area is 151 Å². The molecule has 8 nitrogen and oxygen atoms in total. The molecule has 3 N–H and O–H groups in total. The number of amides is 1. The highest BCUT2D eigenvalue weighted by Gasteiger charge is 2.28. The Morgan fingerprint density at radius 3 is 2.85 bits per heavy atom. The number of Topliss-reactive ketones (excluding diaryl/α,β-unsaturated/α-hetero) is 1. The van der Waals surface area contributed by atoms with Crippen LogP contribution in [0.1, 0.15) is 31.2 Å². The van der Waals surface area contributed by atoms with Crippen LogP contribution in [0.15, 0.2) is 35.2 Å². The van der Waals surface area contributed by atoms with E-state index in [0.29, 0.717) is 12.2 Å². The maximum absolute atomic E-state index is 12.6. The number of aromatic nitrogens is 2. The lowest BCUT2D eigenvalue weighted by Gasteiger charge is -2.20. The van der Waals surface area contributed by atoms with Gasteiger partial charge in [0.05, 0.1) is 6.04 Å². The minimum atomic E-state index is -0.697. The third kappa shape index (κ3) is 4.81. The molecule has 1 saturated carbocycles. The smallest absolute Gasteiger partial charge is 0.254 e. The van der Waals surface area contributed by atoms with Crippen LogP contribution in [0.2, 0.25) is 0 Å². The molecule has 0 spiro atoms. The standard InChI is InChI=1S/C18H22N4O4/c19-16-10-12(5-7-20-16)9-14(21-18(24)13-3-1-2-4-13)15(23)11-25-17-6-8-26-22-17/h5-8,10,13-14H,1-4,9,11H2,(H2,19,20)(H,21,24). The summed E-state index contributed by atoms with van der Waals surface area (Å²) >= 11 is 0. The maximum Gasteiger partial charge on any atom is 0.254 e. The van der Waals surface area contributed by atoms with Gasteiger partial charge in [0.15, 0.2) is 12.4 Å². The van der Waals surface area contributed by atoms with E-state index >= 15 is 0 Å². The number of hydrogen-bond donors (Lipinski definition) is 2. The molecule has 26 heavy (non-hydrogen) atoms. The van der Waals surface area contributed by atoms with Gasteiger partial charge < -0.3 is 20.3 Å². The van der Waals surface area contributed by atoms with Crippen molar-refractivity contribution in [3.05, 3.63) is 36.2 Å². The first kappa shape index (κ1) is 17.9. The number of pyridine rings is 1. The van der Waals surface area contributed by atoms with Gasteiger partial charge in [0.25, 0.3) is 5.88 Å². The highest BCUT2D eigenvalue weighted by atomic mass is 16.5. The number of rotatable bonds is 8. The molecule has 0 bridgehead atoms. The molecule has 2 aromatic rings. The quantitative estimate of drug-likeness (QED) is 0.734. The monoisotopic (exact) mass is 358 g/mol. The summed E-state index contributed by atoms with van der Waals surface area (Å²) in [7, 11) is 0. The number of anilines is 1. The summed E-state index contributed by atoms with van der Waals surface area (Å²) in [5.74, 6) is 0.255. The van der Waals surface area contributed by atoms with Crippen LogP contribution in [0.5, 0.6) is 5.88 Å². The average molecular weight is 358 g/mol. The van der Waals surface area contributed by atoms with Gasteiger partial charge in [-0.1, -0.05) is 12.8 Å². The molecule has 0 radical (unpaired) electrons. The fourth-order valence-corrected chi connectivity index (χ4v) is 3.10.